The van der Waals surface area contributed by atoms with E-state index in [4.69, 9.17) is 0 Å². The molecule has 4 nitrogen and oxygen atoms in total. The molecule has 1 atom stereocenters. The van der Waals surface area contributed by atoms with E-state index < -0.39 is 0 Å². The van der Waals surface area contributed by atoms with Gasteiger partial charge in [0, 0.05) is 31.1 Å². The molecular weight excluding hydrogens is 210 g/mol. The second kappa shape index (κ2) is 5.21. The fourth-order valence-corrected chi connectivity index (χ4v) is 2.69. The van der Waals surface area contributed by atoms with Gasteiger partial charge in [-0.15, -0.1) is 0 Å². The summed E-state index contributed by atoms with van der Waals surface area (Å²) in [5, 5.41) is 3.87. The van der Waals surface area contributed by atoms with E-state index in [1.165, 1.54) is 0 Å². The van der Waals surface area contributed by atoms with Crippen LogP contribution in [0.5, 0.6) is 0 Å². The third-order valence-electron chi connectivity index (χ3n) is 2.58. The number of imidazole rings is 1. The van der Waals surface area contributed by atoms with Gasteiger partial charge < -0.3 is 10.3 Å². The molecule has 1 fully saturated rings. The Hall–Kier alpha value is -0.970. The third kappa shape index (κ3) is 3.27. The Labute approximate surface area is 93.2 Å². The zero-order valence-electron chi connectivity index (χ0n) is 8.53. The van der Waals surface area contributed by atoms with Crippen LogP contribution in [-0.4, -0.2) is 28.2 Å². The standard InChI is InChI=1S/C10H15N3OS/c14-9-2-1-8(3-4-11-9)7-15-10-12-5-6-13-10/h5-6,8H,1-4,7H2,(H,11,14)(H,12,13). The van der Waals surface area contributed by atoms with Crippen molar-refractivity contribution < 1.29 is 4.79 Å². The first-order valence-corrected chi connectivity index (χ1v) is 6.22. The number of H-pyrrole nitrogens is 1. The highest BCUT2D eigenvalue weighted by Gasteiger charge is 2.16. The van der Waals surface area contributed by atoms with Crippen molar-refractivity contribution in [3.63, 3.8) is 0 Å². The average molecular weight is 225 g/mol. The Morgan fingerprint density at radius 2 is 2.47 bits per heavy atom. The van der Waals surface area contributed by atoms with Crippen molar-refractivity contribution in [2.24, 2.45) is 5.92 Å². The fourth-order valence-electron chi connectivity index (χ4n) is 1.68. The van der Waals surface area contributed by atoms with Crippen molar-refractivity contribution in [3.8, 4) is 0 Å². The van der Waals surface area contributed by atoms with E-state index in [0.717, 1.165) is 30.3 Å². The molecule has 2 rings (SSSR count). The Kier molecular flexibility index (Phi) is 3.66. The minimum atomic E-state index is 0.195. The number of hydrogen-bond donors (Lipinski definition) is 2. The summed E-state index contributed by atoms with van der Waals surface area (Å²) in [6.45, 7) is 0.822. The van der Waals surface area contributed by atoms with Gasteiger partial charge in [0.2, 0.25) is 5.91 Å². The molecular formula is C10H15N3OS. The molecule has 1 saturated heterocycles. The van der Waals surface area contributed by atoms with Crippen LogP contribution in [0.4, 0.5) is 0 Å². The van der Waals surface area contributed by atoms with Crippen LogP contribution in [0.2, 0.25) is 0 Å². The number of thioether (sulfide) groups is 1. The molecule has 2 N–H and O–H groups in total. The predicted molar refractivity (Wildman–Crippen MR) is 59.7 cm³/mol. The number of nitrogens with zero attached hydrogens (tertiary/aromatic N) is 1. The molecule has 82 valence electrons. The van der Waals surface area contributed by atoms with E-state index in [1.807, 2.05) is 6.20 Å². The van der Waals surface area contributed by atoms with Gasteiger partial charge in [-0.1, -0.05) is 11.8 Å². The summed E-state index contributed by atoms with van der Waals surface area (Å²) in [4.78, 5) is 18.4. The minimum Gasteiger partial charge on any atom is -0.356 e. The summed E-state index contributed by atoms with van der Waals surface area (Å²) in [6, 6.07) is 0. The number of nitrogens with one attached hydrogen (secondary N) is 2. The van der Waals surface area contributed by atoms with E-state index in [2.05, 4.69) is 15.3 Å². The quantitative estimate of drug-likeness (QED) is 0.765. The molecule has 1 aliphatic heterocycles. The van der Waals surface area contributed by atoms with Crippen LogP contribution in [-0.2, 0) is 4.79 Å². The number of carbonyl (C=O) groups is 1. The van der Waals surface area contributed by atoms with Crippen LogP contribution in [0.25, 0.3) is 0 Å². The summed E-state index contributed by atoms with van der Waals surface area (Å²) < 4.78 is 0. The van der Waals surface area contributed by atoms with E-state index in [0.29, 0.717) is 12.3 Å². The number of amides is 1. The molecule has 0 spiro atoms. The monoisotopic (exact) mass is 225 g/mol. The lowest BCUT2D eigenvalue weighted by molar-refractivity contribution is -0.120. The topological polar surface area (TPSA) is 57.8 Å². The second-order valence-electron chi connectivity index (χ2n) is 3.75. The third-order valence-corrected chi connectivity index (χ3v) is 3.72. The molecule has 5 heteroatoms. The Morgan fingerprint density at radius 3 is 3.27 bits per heavy atom. The molecule has 0 aliphatic carbocycles. The van der Waals surface area contributed by atoms with Crippen molar-refractivity contribution in [1.29, 1.82) is 0 Å². The van der Waals surface area contributed by atoms with E-state index >= 15 is 0 Å². The summed E-state index contributed by atoms with van der Waals surface area (Å²) in [7, 11) is 0. The van der Waals surface area contributed by atoms with E-state index in [9.17, 15) is 4.79 Å². The molecule has 0 bridgehead atoms. The highest BCUT2D eigenvalue weighted by Crippen LogP contribution is 2.22. The zero-order chi connectivity index (χ0) is 10.5. The normalized spacial score (nSPS) is 22.1. The lowest BCUT2D eigenvalue weighted by Crippen LogP contribution is -2.21. The highest BCUT2D eigenvalue weighted by atomic mass is 32.2. The van der Waals surface area contributed by atoms with Gasteiger partial charge >= 0.3 is 0 Å². The Morgan fingerprint density at radius 1 is 1.53 bits per heavy atom. The number of aromatic amines is 1. The first kappa shape index (κ1) is 10.5. The Bertz CT molecular complexity index is 312. The smallest absolute Gasteiger partial charge is 0.220 e. The van der Waals surface area contributed by atoms with Crippen LogP contribution < -0.4 is 5.32 Å². The van der Waals surface area contributed by atoms with Crippen LogP contribution in [0.15, 0.2) is 17.6 Å². The van der Waals surface area contributed by atoms with Crippen LogP contribution in [0, 0.1) is 5.92 Å². The van der Waals surface area contributed by atoms with Crippen molar-refractivity contribution in [2.45, 2.75) is 24.4 Å². The summed E-state index contributed by atoms with van der Waals surface area (Å²) >= 11 is 1.74. The molecule has 0 aromatic carbocycles. The highest BCUT2D eigenvalue weighted by molar-refractivity contribution is 7.99. The summed E-state index contributed by atoms with van der Waals surface area (Å²) in [5.41, 5.74) is 0. The van der Waals surface area contributed by atoms with E-state index in [1.54, 1.807) is 18.0 Å². The first-order chi connectivity index (χ1) is 7.34. The number of carbonyl (C=O) groups excluding carboxylic acids is 1. The average Bonchev–Trinajstić information content (AvgIpc) is 2.66. The lowest BCUT2D eigenvalue weighted by Gasteiger charge is -2.10. The molecule has 1 amide bonds. The molecule has 1 aliphatic rings. The maximum absolute atomic E-state index is 11.1. The van der Waals surface area contributed by atoms with Crippen molar-refractivity contribution in [1.82, 2.24) is 15.3 Å². The predicted octanol–water partition coefficient (Wildman–Crippen LogP) is 1.42. The SMILES string of the molecule is O=C1CCC(CSc2ncc[nH]2)CCN1. The van der Waals surface area contributed by atoms with Crippen molar-refractivity contribution in [3.05, 3.63) is 12.4 Å². The summed E-state index contributed by atoms with van der Waals surface area (Å²) in [5.74, 6) is 1.86. The first-order valence-electron chi connectivity index (χ1n) is 5.23. The van der Waals surface area contributed by atoms with Gasteiger partial charge in [-0.25, -0.2) is 4.98 Å². The lowest BCUT2D eigenvalue weighted by atomic mass is 10.0. The largest absolute Gasteiger partial charge is 0.356 e. The van der Waals surface area contributed by atoms with Gasteiger partial charge in [-0.05, 0) is 18.8 Å². The van der Waals surface area contributed by atoms with Gasteiger partial charge in [0.15, 0.2) is 5.16 Å². The number of hydrogen-bond acceptors (Lipinski definition) is 3. The maximum atomic E-state index is 11.1. The maximum Gasteiger partial charge on any atom is 0.220 e. The summed E-state index contributed by atoms with van der Waals surface area (Å²) in [6.07, 6.45) is 6.35. The molecule has 0 saturated carbocycles. The fraction of sp³-hybridized carbons (Fsp3) is 0.600. The van der Waals surface area contributed by atoms with Crippen LogP contribution >= 0.6 is 11.8 Å². The van der Waals surface area contributed by atoms with Gasteiger partial charge in [0.1, 0.15) is 0 Å². The minimum absolute atomic E-state index is 0.195. The molecule has 15 heavy (non-hydrogen) atoms. The molecule has 1 aromatic heterocycles. The number of aromatic nitrogens is 2. The van der Waals surface area contributed by atoms with Gasteiger partial charge in [0.25, 0.3) is 0 Å². The van der Waals surface area contributed by atoms with Gasteiger partial charge in [0.05, 0.1) is 0 Å². The number of rotatable bonds is 3. The molecule has 2 heterocycles. The molecule has 1 unspecified atom stereocenters. The Balaban J connectivity index is 1.77. The molecule has 1 aromatic rings. The van der Waals surface area contributed by atoms with Crippen molar-refractivity contribution in [2.75, 3.05) is 12.3 Å². The second-order valence-corrected chi connectivity index (χ2v) is 4.76. The van der Waals surface area contributed by atoms with Crippen LogP contribution in [0.3, 0.4) is 0 Å². The van der Waals surface area contributed by atoms with Crippen LogP contribution in [0.1, 0.15) is 19.3 Å². The van der Waals surface area contributed by atoms with E-state index in [-0.39, 0.29) is 5.91 Å². The van der Waals surface area contributed by atoms with Crippen molar-refractivity contribution >= 4 is 17.7 Å². The zero-order valence-corrected chi connectivity index (χ0v) is 9.35. The molecule has 0 radical (unpaired) electrons. The van der Waals surface area contributed by atoms with Gasteiger partial charge in [-0.2, -0.15) is 0 Å². The van der Waals surface area contributed by atoms with Gasteiger partial charge in [-0.3, -0.25) is 4.79 Å².